The average molecular weight is 400 g/mol. The predicted octanol–water partition coefficient (Wildman–Crippen LogP) is 4.47. The van der Waals surface area contributed by atoms with Gasteiger partial charge in [0.25, 0.3) is 0 Å². The van der Waals surface area contributed by atoms with Crippen molar-refractivity contribution in [3.05, 3.63) is 40.2 Å². The van der Waals surface area contributed by atoms with Crippen molar-refractivity contribution in [2.24, 2.45) is 0 Å². The molecule has 0 amide bonds. The number of aromatic nitrogens is 2. The van der Waals surface area contributed by atoms with Crippen molar-refractivity contribution in [3.8, 4) is 11.4 Å². The van der Waals surface area contributed by atoms with Crippen LogP contribution in [0.1, 0.15) is 0 Å². The molecule has 108 valence electrons. The third kappa shape index (κ3) is 4.71. The van der Waals surface area contributed by atoms with Crippen LogP contribution in [0.15, 0.2) is 36.5 Å². The Bertz CT molecular complexity index is 549. The Morgan fingerprint density at radius 1 is 1.20 bits per heavy atom. The third-order valence-electron chi connectivity index (χ3n) is 3.01. The molecular formula is C15H21IN2OSi. The van der Waals surface area contributed by atoms with E-state index in [0.29, 0.717) is 6.73 Å². The van der Waals surface area contributed by atoms with Crippen LogP contribution in [0.25, 0.3) is 11.4 Å². The fraction of sp³-hybridized carbons (Fsp3) is 0.400. The van der Waals surface area contributed by atoms with E-state index in [1.807, 2.05) is 24.4 Å². The first-order chi connectivity index (χ1) is 9.46. The highest BCUT2D eigenvalue weighted by molar-refractivity contribution is 14.1. The maximum Gasteiger partial charge on any atom is 0.143 e. The van der Waals surface area contributed by atoms with Crippen LogP contribution in [-0.4, -0.2) is 24.2 Å². The molecule has 0 aliphatic heterocycles. The molecule has 0 atom stereocenters. The first kappa shape index (κ1) is 15.7. The molecule has 3 nitrogen and oxygen atoms in total. The molecule has 0 aliphatic rings. The topological polar surface area (TPSA) is 27.1 Å². The summed E-state index contributed by atoms with van der Waals surface area (Å²) in [6, 6.07) is 11.4. The molecule has 0 unspecified atom stereocenters. The Hall–Kier alpha value is -0.663. The van der Waals surface area contributed by atoms with Crippen LogP contribution < -0.4 is 0 Å². The molecule has 2 aromatic rings. The molecular weight excluding hydrogens is 379 g/mol. The molecule has 0 saturated carbocycles. The number of rotatable bonds is 6. The van der Waals surface area contributed by atoms with E-state index in [-0.39, 0.29) is 0 Å². The first-order valence-electron chi connectivity index (χ1n) is 6.81. The highest BCUT2D eigenvalue weighted by atomic mass is 127. The molecule has 0 fully saturated rings. The number of ether oxygens (including phenoxy) is 1. The van der Waals surface area contributed by atoms with Gasteiger partial charge in [0.15, 0.2) is 0 Å². The zero-order valence-corrected chi connectivity index (χ0v) is 15.4. The van der Waals surface area contributed by atoms with Crippen molar-refractivity contribution in [2.45, 2.75) is 32.4 Å². The van der Waals surface area contributed by atoms with Crippen LogP contribution in [-0.2, 0) is 11.5 Å². The second kappa shape index (κ2) is 6.86. The summed E-state index contributed by atoms with van der Waals surface area (Å²) in [4.78, 5) is 4.59. The van der Waals surface area contributed by atoms with Crippen molar-refractivity contribution in [2.75, 3.05) is 6.61 Å². The van der Waals surface area contributed by atoms with Crippen LogP contribution in [0.5, 0.6) is 0 Å². The van der Waals surface area contributed by atoms with Gasteiger partial charge in [0, 0.05) is 26.4 Å². The van der Waals surface area contributed by atoms with Crippen molar-refractivity contribution in [3.63, 3.8) is 0 Å². The van der Waals surface area contributed by atoms with Crippen LogP contribution in [0.4, 0.5) is 0 Å². The molecule has 2 rings (SSSR count). The fourth-order valence-corrected chi connectivity index (χ4v) is 3.16. The lowest BCUT2D eigenvalue weighted by molar-refractivity contribution is 0.0882. The number of imidazole rings is 1. The number of benzene rings is 1. The first-order valence-corrected chi connectivity index (χ1v) is 11.6. The Balaban J connectivity index is 2.02. The summed E-state index contributed by atoms with van der Waals surface area (Å²) in [7, 11) is -1.02. The Labute approximate surface area is 135 Å². The third-order valence-corrected chi connectivity index (χ3v) is 5.23. The summed E-state index contributed by atoms with van der Waals surface area (Å²) in [5.74, 6) is 0.975. The molecule has 0 spiro atoms. The molecule has 1 aromatic heterocycles. The molecule has 0 N–H and O–H groups in total. The predicted molar refractivity (Wildman–Crippen MR) is 94.5 cm³/mol. The second-order valence-electron chi connectivity index (χ2n) is 6.07. The smallest absolute Gasteiger partial charge is 0.143 e. The van der Waals surface area contributed by atoms with E-state index in [0.717, 1.165) is 21.7 Å². The number of hydrogen-bond acceptors (Lipinski definition) is 2. The highest BCUT2D eigenvalue weighted by Crippen LogP contribution is 2.19. The standard InChI is InChI=1S/C15H21IN2OSi/c1-20(2,3)10-9-19-12-18-11-14(16)17-15(18)13-7-5-4-6-8-13/h4-8,11H,9-10,12H2,1-3H3. The van der Waals surface area contributed by atoms with Gasteiger partial charge in [0.1, 0.15) is 16.3 Å². The average Bonchev–Trinajstić information content (AvgIpc) is 2.76. The zero-order chi connectivity index (χ0) is 14.6. The van der Waals surface area contributed by atoms with E-state index in [1.165, 1.54) is 6.04 Å². The van der Waals surface area contributed by atoms with Gasteiger partial charge in [-0.15, -0.1) is 0 Å². The summed E-state index contributed by atoms with van der Waals surface area (Å²) in [5.41, 5.74) is 1.13. The Morgan fingerprint density at radius 2 is 1.90 bits per heavy atom. The van der Waals surface area contributed by atoms with Gasteiger partial charge in [-0.05, 0) is 28.6 Å². The van der Waals surface area contributed by atoms with Crippen molar-refractivity contribution in [1.29, 1.82) is 0 Å². The van der Waals surface area contributed by atoms with Gasteiger partial charge < -0.3 is 9.30 Å². The fourth-order valence-electron chi connectivity index (χ4n) is 1.84. The van der Waals surface area contributed by atoms with E-state index in [4.69, 9.17) is 4.74 Å². The Kier molecular flexibility index (Phi) is 5.40. The minimum atomic E-state index is -1.02. The van der Waals surface area contributed by atoms with Gasteiger partial charge in [0.05, 0.1) is 0 Å². The van der Waals surface area contributed by atoms with Gasteiger partial charge in [-0.3, -0.25) is 0 Å². The quantitative estimate of drug-likeness (QED) is 0.407. The SMILES string of the molecule is C[Si](C)(C)CCOCn1cc(I)nc1-c1ccccc1. The van der Waals surface area contributed by atoms with E-state index in [2.05, 4.69) is 63.9 Å². The number of hydrogen-bond donors (Lipinski definition) is 0. The molecule has 1 aromatic carbocycles. The van der Waals surface area contributed by atoms with Gasteiger partial charge in [-0.1, -0.05) is 50.0 Å². The Morgan fingerprint density at radius 3 is 2.55 bits per heavy atom. The normalized spacial score (nSPS) is 11.8. The lowest BCUT2D eigenvalue weighted by Crippen LogP contribution is -2.22. The second-order valence-corrected chi connectivity index (χ2v) is 12.8. The minimum Gasteiger partial charge on any atom is -0.361 e. The van der Waals surface area contributed by atoms with Crippen LogP contribution >= 0.6 is 22.6 Å². The van der Waals surface area contributed by atoms with Crippen molar-refractivity contribution >= 4 is 30.7 Å². The van der Waals surface area contributed by atoms with Gasteiger partial charge in [0.2, 0.25) is 0 Å². The molecule has 20 heavy (non-hydrogen) atoms. The number of nitrogens with zero attached hydrogens (tertiary/aromatic N) is 2. The molecule has 0 aliphatic carbocycles. The summed E-state index contributed by atoms with van der Waals surface area (Å²) in [6.07, 6.45) is 2.04. The summed E-state index contributed by atoms with van der Waals surface area (Å²) < 4.78 is 8.91. The summed E-state index contributed by atoms with van der Waals surface area (Å²) in [6.45, 7) is 8.51. The van der Waals surface area contributed by atoms with E-state index in [9.17, 15) is 0 Å². The van der Waals surface area contributed by atoms with Gasteiger partial charge in [-0.25, -0.2) is 4.98 Å². The molecule has 0 bridgehead atoms. The molecule has 0 saturated heterocycles. The lowest BCUT2D eigenvalue weighted by Gasteiger charge is -2.16. The van der Waals surface area contributed by atoms with E-state index in [1.54, 1.807) is 0 Å². The largest absolute Gasteiger partial charge is 0.361 e. The maximum absolute atomic E-state index is 5.83. The van der Waals surface area contributed by atoms with E-state index >= 15 is 0 Å². The molecule has 5 heteroatoms. The molecule has 0 radical (unpaired) electrons. The van der Waals surface area contributed by atoms with Crippen LogP contribution in [0.3, 0.4) is 0 Å². The maximum atomic E-state index is 5.83. The minimum absolute atomic E-state index is 0.574. The summed E-state index contributed by atoms with van der Waals surface area (Å²) in [5, 5.41) is 0. The van der Waals surface area contributed by atoms with Crippen LogP contribution in [0.2, 0.25) is 25.7 Å². The zero-order valence-electron chi connectivity index (χ0n) is 12.3. The van der Waals surface area contributed by atoms with E-state index < -0.39 is 8.07 Å². The van der Waals surface area contributed by atoms with Gasteiger partial charge in [-0.2, -0.15) is 0 Å². The monoisotopic (exact) mass is 400 g/mol. The van der Waals surface area contributed by atoms with Crippen molar-refractivity contribution < 1.29 is 4.74 Å². The van der Waals surface area contributed by atoms with Gasteiger partial charge >= 0.3 is 0 Å². The number of halogens is 1. The lowest BCUT2D eigenvalue weighted by atomic mass is 10.2. The highest BCUT2D eigenvalue weighted by Gasteiger charge is 2.13. The summed E-state index contributed by atoms with van der Waals surface area (Å²) >= 11 is 2.25. The van der Waals surface area contributed by atoms with Crippen LogP contribution in [0, 0.1) is 3.70 Å². The van der Waals surface area contributed by atoms with Crippen molar-refractivity contribution in [1.82, 2.24) is 9.55 Å². The molecule has 1 heterocycles.